The fourth-order valence-corrected chi connectivity index (χ4v) is 5.43. The van der Waals surface area contributed by atoms with Gasteiger partial charge < -0.3 is 43.0 Å². The summed E-state index contributed by atoms with van der Waals surface area (Å²) in [5.74, 6) is 0.304. The van der Waals surface area contributed by atoms with Gasteiger partial charge in [-0.25, -0.2) is 9.59 Å². The van der Waals surface area contributed by atoms with Gasteiger partial charge in [0, 0.05) is 64.0 Å². The molecular weight excluding hydrogens is 600 g/mol. The number of piperazine rings is 2. The number of nitrogens with zero attached hydrogens (tertiary/aromatic N) is 4. The lowest BCUT2D eigenvalue weighted by Gasteiger charge is -2.34. The van der Waals surface area contributed by atoms with Crippen LogP contribution in [-0.4, -0.2) is 122 Å². The lowest BCUT2D eigenvalue weighted by Crippen LogP contribution is -2.51. The Morgan fingerprint density at radius 1 is 0.696 bits per heavy atom. The van der Waals surface area contributed by atoms with Gasteiger partial charge in [-0.3, -0.25) is 14.4 Å². The number of hydrogen-bond acceptors (Lipinski definition) is 10. The standard InChI is InChI=1S/C32H38N4O10/c1-4-42-31(40)35-14-10-33(11-15-35)27(37)19-44-22-6-7-23-26(18-22)46-30-21(3)25(9-8-24(30)29(23)39)45-20-28(38)34-12-16-36(17-13-34)32(41)43-5-2/h6-9,18H,4-5,10-17,19-20H2,1-3H3. The predicted octanol–water partition coefficient (Wildman–Crippen LogP) is 2.61. The molecule has 0 atom stereocenters. The van der Waals surface area contributed by atoms with Gasteiger partial charge in [-0.2, -0.15) is 0 Å². The summed E-state index contributed by atoms with van der Waals surface area (Å²) in [6.07, 6.45) is -0.775. The molecule has 0 spiro atoms. The van der Waals surface area contributed by atoms with Crippen LogP contribution in [0.1, 0.15) is 19.4 Å². The first-order chi connectivity index (χ1) is 22.2. The van der Waals surface area contributed by atoms with E-state index in [1.165, 1.54) is 0 Å². The van der Waals surface area contributed by atoms with Crippen molar-refractivity contribution in [2.75, 3.05) is 78.8 Å². The molecule has 3 aromatic rings. The molecule has 0 radical (unpaired) electrons. The third-order valence-electron chi connectivity index (χ3n) is 8.04. The maximum Gasteiger partial charge on any atom is 0.409 e. The summed E-state index contributed by atoms with van der Waals surface area (Å²) in [6.45, 7) is 8.42. The molecule has 3 heterocycles. The van der Waals surface area contributed by atoms with E-state index in [-0.39, 0.29) is 48.2 Å². The Hall–Kier alpha value is -5.01. The van der Waals surface area contributed by atoms with Crippen molar-refractivity contribution in [1.29, 1.82) is 0 Å². The quantitative estimate of drug-likeness (QED) is 0.337. The Kier molecular flexibility index (Phi) is 10.1. The number of benzene rings is 2. The zero-order valence-electron chi connectivity index (χ0n) is 26.2. The maximum absolute atomic E-state index is 13.3. The minimum absolute atomic E-state index is 0.215. The van der Waals surface area contributed by atoms with E-state index in [1.807, 2.05) is 0 Å². The molecule has 2 aromatic carbocycles. The molecule has 0 saturated carbocycles. The van der Waals surface area contributed by atoms with Crippen molar-refractivity contribution in [3.05, 3.63) is 46.1 Å². The van der Waals surface area contributed by atoms with Gasteiger partial charge in [0.15, 0.2) is 13.2 Å². The van der Waals surface area contributed by atoms with Crippen LogP contribution in [0.15, 0.2) is 39.5 Å². The molecule has 5 rings (SSSR count). The summed E-state index contributed by atoms with van der Waals surface area (Å²) in [7, 11) is 0. The molecule has 2 saturated heterocycles. The largest absolute Gasteiger partial charge is 0.484 e. The van der Waals surface area contributed by atoms with Gasteiger partial charge in [0.25, 0.3) is 11.8 Å². The van der Waals surface area contributed by atoms with Crippen LogP contribution in [0.3, 0.4) is 0 Å². The molecule has 0 N–H and O–H groups in total. The number of hydrogen-bond donors (Lipinski definition) is 0. The summed E-state index contributed by atoms with van der Waals surface area (Å²) < 4.78 is 27.8. The maximum atomic E-state index is 13.3. The number of carbonyl (C=O) groups is 4. The first-order valence-electron chi connectivity index (χ1n) is 15.3. The molecule has 0 bridgehead atoms. The highest BCUT2D eigenvalue weighted by atomic mass is 16.6. The van der Waals surface area contributed by atoms with E-state index in [0.717, 1.165) is 0 Å². The minimum Gasteiger partial charge on any atom is -0.484 e. The van der Waals surface area contributed by atoms with Crippen molar-refractivity contribution in [2.24, 2.45) is 0 Å². The number of carbonyl (C=O) groups excluding carboxylic acids is 4. The highest BCUT2D eigenvalue weighted by Crippen LogP contribution is 2.30. The normalized spacial score (nSPS) is 15.2. The summed E-state index contributed by atoms with van der Waals surface area (Å²) in [4.78, 5) is 69.1. The number of fused-ring (bicyclic) bond motifs is 2. The molecule has 1 aromatic heterocycles. The minimum atomic E-state index is -0.388. The fourth-order valence-electron chi connectivity index (χ4n) is 5.43. The zero-order valence-corrected chi connectivity index (χ0v) is 26.2. The third-order valence-corrected chi connectivity index (χ3v) is 8.04. The van der Waals surface area contributed by atoms with Crippen LogP contribution in [0.25, 0.3) is 21.9 Å². The van der Waals surface area contributed by atoms with Crippen molar-refractivity contribution in [3.8, 4) is 11.5 Å². The summed E-state index contributed by atoms with van der Waals surface area (Å²) in [6, 6.07) is 8.02. The predicted molar refractivity (Wildman–Crippen MR) is 166 cm³/mol. The van der Waals surface area contributed by atoms with Crippen LogP contribution < -0.4 is 14.9 Å². The topological polar surface area (TPSA) is 148 Å². The molecule has 246 valence electrons. The van der Waals surface area contributed by atoms with Crippen LogP contribution in [0, 0.1) is 6.92 Å². The van der Waals surface area contributed by atoms with Gasteiger partial charge in [-0.15, -0.1) is 0 Å². The van der Waals surface area contributed by atoms with E-state index in [2.05, 4.69) is 0 Å². The fraction of sp³-hybridized carbons (Fsp3) is 0.469. The number of rotatable bonds is 8. The van der Waals surface area contributed by atoms with Gasteiger partial charge in [0.05, 0.1) is 24.0 Å². The highest BCUT2D eigenvalue weighted by molar-refractivity contribution is 5.92. The Morgan fingerprint density at radius 2 is 1.20 bits per heavy atom. The smallest absolute Gasteiger partial charge is 0.409 e. The van der Waals surface area contributed by atoms with Gasteiger partial charge in [-0.1, -0.05) is 0 Å². The Balaban J connectivity index is 1.21. The number of amides is 4. The Bertz CT molecular complexity index is 1670. The average Bonchev–Trinajstić information content (AvgIpc) is 3.07. The van der Waals surface area contributed by atoms with Crippen molar-refractivity contribution in [2.45, 2.75) is 20.8 Å². The van der Waals surface area contributed by atoms with Crippen molar-refractivity contribution in [1.82, 2.24) is 19.6 Å². The lowest BCUT2D eigenvalue weighted by molar-refractivity contribution is -0.135. The molecule has 2 aliphatic rings. The Labute approximate surface area is 265 Å². The SMILES string of the molecule is CCOC(=O)N1CCN(C(=O)COc2ccc3c(=O)c4ccc(OCC(=O)N5CCN(C(=O)OCC)CC5)c(C)c4oc3c2)CC1. The molecule has 14 nitrogen and oxygen atoms in total. The molecule has 0 aliphatic carbocycles. The zero-order chi connectivity index (χ0) is 32.8. The van der Waals surface area contributed by atoms with Crippen LogP contribution >= 0.6 is 0 Å². The highest BCUT2D eigenvalue weighted by Gasteiger charge is 2.26. The second-order valence-corrected chi connectivity index (χ2v) is 10.9. The van der Waals surface area contributed by atoms with Crippen LogP contribution in [0.5, 0.6) is 11.5 Å². The lowest BCUT2D eigenvalue weighted by atomic mass is 10.1. The van der Waals surface area contributed by atoms with Crippen molar-refractivity contribution < 1.29 is 42.5 Å². The molecule has 2 aliphatic heterocycles. The van der Waals surface area contributed by atoms with E-state index in [9.17, 15) is 24.0 Å². The van der Waals surface area contributed by atoms with Gasteiger partial charge in [0.2, 0.25) is 5.43 Å². The molecule has 14 heteroatoms. The van der Waals surface area contributed by atoms with Crippen molar-refractivity contribution in [3.63, 3.8) is 0 Å². The van der Waals surface area contributed by atoms with Crippen LogP contribution in [0.4, 0.5) is 9.59 Å². The summed E-state index contributed by atoms with van der Waals surface area (Å²) in [5, 5.41) is 0.719. The first kappa shape index (κ1) is 32.4. The van der Waals surface area contributed by atoms with E-state index < -0.39 is 0 Å². The van der Waals surface area contributed by atoms with Gasteiger partial charge in [-0.05, 0) is 45.0 Å². The van der Waals surface area contributed by atoms with E-state index in [0.29, 0.717) is 99.0 Å². The van der Waals surface area contributed by atoms with Gasteiger partial charge >= 0.3 is 12.2 Å². The molecule has 46 heavy (non-hydrogen) atoms. The van der Waals surface area contributed by atoms with Crippen molar-refractivity contribution >= 4 is 45.9 Å². The summed E-state index contributed by atoms with van der Waals surface area (Å²) in [5.41, 5.74) is 0.919. The second kappa shape index (κ2) is 14.4. The molecule has 0 unspecified atom stereocenters. The third kappa shape index (κ3) is 7.11. The number of aryl methyl sites for hydroxylation is 1. The molecule has 2 fully saturated rings. The van der Waals surface area contributed by atoms with E-state index in [1.54, 1.807) is 70.7 Å². The second-order valence-electron chi connectivity index (χ2n) is 10.9. The first-order valence-corrected chi connectivity index (χ1v) is 15.3. The molecule has 4 amide bonds. The number of ether oxygens (including phenoxy) is 4. The monoisotopic (exact) mass is 638 g/mol. The van der Waals surface area contributed by atoms with Gasteiger partial charge in [0.1, 0.15) is 22.7 Å². The molecular formula is C32H38N4O10. The van der Waals surface area contributed by atoms with Crippen LogP contribution in [-0.2, 0) is 19.1 Å². The summed E-state index contributed by atoms with van der Waals surface area (Å²) >= 11 is 0. The van der Waals surface area contributed by atoms with E-state index in [4.69, 9.17) is 23.4 Å². The van der Waals surface area contributed by atoms with Crippen LogP contribution in [0.2, 0.25) is 0 Å². The average molecular weight is 639 g/mol. The Morgan fingerprint density at radius 3 is 1.74 bits per heavy atom. The van der Waals surface area contributed by atoms with E-state index >= 15 is 0 Å².